The molecule has 0 radical (unpaired) electrons. The maximum atomic E-state index is 12.5. The van der Waals surface area contributed by atoms with Crippen molar-refractivity contribution in [2.24, 2.45) is 0 Å². The van der Waals surface area contributed by atoms with E-state index in [1.165, 1.54) is 19.3 Å². The predicted molar refractivity (Wildman–Crippen MR) is 96.7 cm³/mol. The molecule has 0 atom stereocenters. The number of benzene rings is 1. The average Bonchev–Trinajstić information content (AvgIpc) is 2.67. The first-order valence-electron chi connectivity index (χ1n) is 9.23. The lowest BCUT2D eigenvalue weighted by atomic mass is 9.95. The number of carbonyl (C=O) groups excluding carboxylic acids is 2. The van der Waals surface area contributed by atoms with Gasteiger partial charge in [0.15, 0.2) is 0 Å². The van der Waals surface area contributed by atoms with Crippen LogP contribution in [0, 0.1) is 0 Å². The lowest BCUT2D eigenvalue weighted by Gasteiger charge is -2.27. The number of morpholine rings is 1. The van der Waals surface area contributed by atoms with E-state index in [4.69, 9.17) is 4.74 Å². The van der Waals surface area contributed by atoms with Crippen LogP contribution < -0.4 is 10.6 Å². The highest BCUT2D eigenvalue weighted by Gasteiger charge is 2.19. The second-order valence-corrected chi connectivity index (χ2v) is 6.75. The first kappa shape index (κ1) is 17.9. The largest absolute Gasteiger partial charge is 0.378 e. The number of anilines is 1. The van der Waals surface area contributed by atoms with Gasteiger partial charge in [-0.15, -0.1) is 0 Å². The van der Waals surface area contributed by atoms with Crippen LogP contribution in [0.4, 0.5) is 5.69 Å². The van der Waals surface area contributed by atoms with Crippen molar-refractivity contribution in [3.05, 3.63) is 29.8 Å². The normalized spacial score (nSPS) is 18.8. The molecule has 6 nitrogen and oxygen atoms in total. The first-order chi connectivity index (χ1) is 12.2. The van der Waals surface area contributed by atoms with Gasteiger partial charge < -0.3 is 20.3 Å². The predicted octanol–water partition coefficient (Wildman–Crippen LogP) is 2.02. The van der Waals surface area contributed by atoms with Crippen molar-refractivity contribution < 1.29 is 14.3 Å². The van der Waals surface area contributed by atoms with Crippen molar-refractivity contribution in [2.75, 3.05) is 38.2 Å². The molecule has 2 aliphatic rings. The Morgan fingerprint density at radius 3 is 2.64 bits per heavy atom. The molecule has 0 bridgehead atoms. The van der Waals surface area contributed by atoms with Crippen LogP contribution in [0.3, 0.4) is 0 Å². The molecule has 0 unspecified atom stereocenters. The van der Waals surface area contributed by atoms with E-state index >= 15 is 0 Å². The minimum Gasteiger partial charge on any atom is -0.378 e. The fraction of sp³-hybridized carbons (Fsp3) is 0.579. The Morgan fingerprint density at radius 2 is 1.88 bits per heavy atom. The van der Waals surface area contributed by atoms with Gasteiger partial charge in [-0.05, 0) is 31.0 Å². The third-order valence-corrected chi connectivity index (χ3v) is 4.85. The minimum absolute atomic E-state index is 0.0141. The molecule has 2 N–H and O–H groups in total. The first-order valence-corrected chi connectivity index (χ1v) is 9.23. The highest BCUT2D eigenvalue weighted by atomic mass is 16.5. The van der Waals surface area contributed by atoms with Crippen LogP contribution in [-0.2, 0) is 9.53 Å². The molecular formula is C19H27N3O3. The Labute approximate surface area is 148 Å². The van der Waals surface area contributed by atoms with E-state index < -0.39 is 0 Å². The van der Waals surface area contributed by atoms with Crippen molar-refractivity contribution >= 4 is 17.5 Å². The minimum atomic E-state index is -0.0680. The summed E-state index contributed by atoms with van der Waals surface area (Å²) in [6.45, 7) is 2.69. The molecule has 0 aromatic heterocycles. The smallest absolute Gasteiger partial charge is 0.254 e. The number of hydrogen-bond donors (Lipinski definition) is 2. The van der Waals surface area contributed by atoms with Gasteiger partial charge >= 0.3 is 0 Å². The highest BCUT2D eigenvalue weighted by Crippen LogP contribution is 2.17. The summed E-state index contributed by atoms with van der Waals surface area (Å²) in [5.41, 5.74) is 1.26. The maximum Gasteiger partial charge on any atom is 0.254 e. The number of nitrogens with one attached hydrogen (secondary N) is 2. The highest BCUT2D eigenvalue weighted by molar-refractivity contribution is 5.97. The average molecular weight is 345 g/mol. The Bertz CT molecular complexity index is 593. The maximum absolute atomic E-state index is 12.5. The van der Waals surface area contributed by atoms with Gasteiger partial charge in [-0.3, -0.25) is 9.59 Å². The third-order valence-electron chi connectivity index (χ3n) is 4.85. The number of ether oxygens (including phenoxy) is 1. The zero-order valence-corrected chi connectivity index (χ0v) is 14.6. The van der Waals surface area contributed by atoms with Crippen LogP contribution in [0.2, 0.25) is 0 Å². The summed E-state index contributed by atoms with van der Waals surface area (Å²) in [6.07, 6.45) is 6.08. The van der Waals surface area contributed by atoms with Gasteiger partial charge in [0.25, 0.3) is 5.91 Å². The molecule has 1 aliphatic carbocycles. The van der Waals surface area contributed by atoms with Gasteiger partial charge in [0, 0.05) is 30.4 Å². The number of nitrogens with zero attached hydrogens (tertiary/aromatic N) is 1. The second kappa shape index (κ2) is 8.97. The summed E-state index contributed by atoms with van der Waals surface area (Å²) >= 11 is 0. The van der Waals surface area contributed by atoms with E-state index in [1.54, 1.807) is 23.1 Å². The quantitative estimate of drug-likeness (QED) is 0.856. The molecule has 3 rings (SSSR count). The van der Waals surface area contributed by atoms with Crippen molar-refractivity contribution in [3.8, 4) is 0 Å². The summed E-state index contributed by atoms with van der Waals surface area (Å²) in [6, 6.07) is 7.60. The molecule has 1 aromatic carbocycles. The van der Waals surface area contributed by atoms with Crippen molar-refractivity contribution in [2.45, 2.75) is 38.1 Å². The van der Waals surface area contributed by atoms with Crippen LogP contribution >= 0.6 is 0 Å². The molecule has 136 valence electrons. The molecule has 0 spiro atoms. The van der Waals surface area contributed by atoms with Crippen molar-refractivity contribution in [1.82, 2.24) is 10.2 Å². The van der Waals surface area contributed by atoms with E-state index in [9.17, 15) is 9.59 Å². The van der Waals surface area contributed by atoms with Gasteiger partial charge in [-0.25, -0.2) is 0 Å². The molecular weight excluding hydrogens is 318 g/mol. The number of rotatable bonds is 5. The summed E-state index contributed by atoms with van der Waals surface area (Å²) in [7, 11) is 0. The fourth-order valence-corrected chi connectivity index (χ4v) is 3.43. The molecule has 2 amide bonds. The molecule has 1 saturated heterocycles. The molecule has 6 heteroatoms. The lowest BCUT2D eigenvalue weighted by Crippen LogP contribution is -2.40. The summed E-state index contributed by atoms with van der Waals surface area (Å²) in [5.74, 6) is -0.0822. The Kier molecular flexibility index (Phi) is 6.42. The Balaban J connectivity index is 1.51. The summed E-state index contributed by atoms with van der Waals surface area (Å²) in [4.78, 5) is 26.5. The standard InChI is InChI=1S/C19H27N3O3/c23-18(14-20-16-6-2-1-3-7-16)21-17-8-4-5-15(13-17)19(24)22-9-11-25-12-10-22/h4-5,8,13,16,20H,1-3,6-7,9-12,14H2,(H,21,23). The zero-order valence-electron chi connectivity index (χ0n) is 14.6. The fourth-order valence-electron chi connectivity index (χ4n) is 3.43. The van der Waals surface area contributed by atoms with E-state index in [-0.39, 0.29) is 11.8 Å². The van der Waals surface area contributed by atoms with Crippen molar-refractivity contribution in [1.29, 1.82) is 0 Å². The zero-order chi connectivity index (χ0) is 17.5. The third kappa shape index (κ3) is 5.28. The number of amides is 2. The van der Waals surface area contributed by atoms with Crippen LogP contribution in [0.1, 0.15) is 42.5 Å². The molecule has 2 fully saturated rings. The van der Waals surface area contributed by atoms with Crippen LogP contribution in [0.15, 0.2) is 24.3 Å². The summed E-state index contributed by atoms with van der Waals surface area (Å²) < 4.78 is 5.28. The van der Waals surface area contributed by atoms with E-state index in [0.717, 1.165) is 12.8 Å². The van der Waals surface area contributed by atoms with Gasteiger partial charge in [0.05, 0.1) is 19.8 Å². The lowest BCUT2D eigenvalue weighted by molar-refractivity contribution is -0.115. The number of carbonyl (C=O) groups is 2. The van der Waals surface area contributed by atoms with Crippen molar-refractivity contribution in [3.63, 3.8) is 0 Å². The monoisotopic (exact) mass is 345 g/mol. The molecule has 1 heterocycles. The molecule has 1 aromatic rings. The van der Waals surface area contributed by atoms with Crippen LogP contribution in [-0.4, -0.2) is 55.6 Å². The van der Waals surface area contributed by atoms with E-state index in [2.05, 4.69) is 10.6 Å². The summed E-state index contributed by atoms with van der Waals surface area (Å²) in [5, 5.41) is 6.21. The second-order valence-electron chi connectivity index (χ2n) is 6.75. The van der Waals surface area contributed by atoms with Crippen LogP contribution in [0.5, 0.6) is 0 Å². The van der Waals surface area contributed by atoms with Gasteiger partial charge in [0.1, 0.15) is 0 Å². The topological polar surface area (TPSA) is 70.7 Å². The van der Waals surface area contributed by atoms with Crippen LogP contribution in [0.25, 0.3) is 0 Å². The molecule has 25 heavy (non-hydrogen) atoms. The Morgan fingerprint density at radius 1 is 1.12 bits per heavy atom. The van der Waals surface area contributed by atoms with Gasteiger partial charge in [0.2, 0.25) is 5.91 Å². The molecule has 1 aliphatic heterocycles. The number of hydrogen-bond acceptors (Lipinski definition) is 4. The van der Waals surface area contributed by atoms with E-state index in [0.29, 0.717) is 50.1 Å². The van der Waals surface area contributed by atoms with Gasteiger partial charge in [-0.2, -0.15) is 0 Å². The van der Waals surface area contributed by atoms with E-state index in [1.807, 2.05) is 6.07 Å². The molecule has 1 saturated carbocycles. The van der Waals surface area contributed by atoms with Gasteiger partial charge in [-0.1, -0.05) is 25.3 Å². The SMILES string of the molecule is O=C(CNC1CCCCC1)Nc1cccc(C(=O)N2CCOCC2)c1. The Hall–Kier alpha value is -1.92.